The number of rotatable bonds is 2. The number of aliphatic hydroxyl groups is 2. The standard InChI is InChI=1S/C16H26O2/c1-7-8(2)10-3-9(7)15-11-4-12(16(10)15)14(6-18)13(11)5-17/h7-18H,3-6H2,1-2H3. The number of fused-ring (bicyclic) bond motifs is 9. The maximum absolute atomic E-state index is 9.69. The molecule has 0 heterocycles. The Morgan fingerprint density at radius 3 is 1.50 bits per heavy atom. The number of hydrogen-bond acceptors (Lipinski definition) is 2. The van der Waals surface area contributed by atoms with E-state index in [0.717, 1.165) is 47.3 Å². The van der Waals surface area contributed by atoms with E-state index >= 15 is 0 Å². The molecule has 4 aliphatic carbocycles. The van der Waals surface area contributed by atoms with Gasteiger partial charge in [-0.15, -0.1) is 0 Å². The highest BCUT2D eigenvalue weighted by Gasteiger charge is 2.67. The summed E-state index contributed by atoms with van der Waals surface area (Å²) in [6.07, 6.45) is 2.75. The summed E-state index contributed by atoms with van der Waals surface area (Å²) >= 11 is 0. The highest BCUT2D eigenvalue weighted by Crippen LogP contribution is 2.72. The van der Waals surface area contributed by atoms with Gasteiger partial charge in [-0.2, -0.15) is 0 Å². The summed E-state index contributed by atoms with van der Waals surface area (Å²) in [4.78, 5) is 0. The molecule has 0 spiro atoms. The van der Waals surface area contributed by atoms with Crippen molar-refractivity contribution in [3.8, 4) is 0 Å². The smallest absolute Gasteiger partial charge is 0.0465 e. The van der Waals surface area contributed by atoms with Gasteiger partial charge in [-0.3, -0.25) is 0 Å². The van der Waals surface area contributed by atoms with Gasteiger partial charge in [0.1, 0.15) is 0 Å². The molecule has 10 atom stereocenters. The van der Waals surface area contributed by atoms with E-state index in [1.165, 1.54) is 12.8 Å². The maximum atomic E-state index is 9.69. The Morgan fingerprint density at radius 2 is 1.11 bits per heavy atom. The molecule has 4 saturated carbocycles. The Hall–Kier alpha value is -0.0800. The van der Waals surface area contributed by atoms with E-state index in [4.69, 9.17) is 0 Å². The molecule has 2 nitrogen and oxygen atoms in total. The van der Waals surface area contributed by atoms with Gasteiger partial charge < -0.3 is 10.2 Å². The van der Waals surface area contributed by atoms with Crippen LogP contribution in [-0.4, -0.2) is 23.4 Å². The number of hydrogen-bond donors (Lipinski definition) is 2. The third kappa shape index (κ3) is 1.13. The summed E-state index contributed by atoms with van der Waals surface area (Å²) in [5, 5.41) is 19.4. The van der Waals surface area contributed by atoms with Crippen molar-refractivity contribution in [1.29, 1.82) is 0 Å². The average Bonchev–Trinajstić information content (AvgIpc) is 3.07. The minimum Gasteiger partial charge on any atom is -0.396 e. The van der Waals surface area contributed by atoms with Gasteiger partial charge in [-0.1, -0.05) is 13.8 Å². The third-order valence-corrected chi connectivity index (χ3v) is 7.76. The lowest BCUT2D eigenvalue weighted by Crippen LogP contribution is -2.44. The van der Waals surface area contributed by atoms with Crippen LogP contribution in [0.1, 0.15) is 26.7 Å². The van der Waals surface area contributed by atoms with Crippen molar-refractivity contribution in [3.05, 3.63) is 0 Å². The van der Waals surface area contributed by atoms with E-state index < -0.39 is 0 Å². The van der Waals surface area contributed by atoms with Gasteiger partial charge in [-0.25, -0.2) is 0 Å². The first kappa shape index (κ1) is 11.7. The van der Waals surface area contributed by atoms with Crippen LogP contribution in [0.2, 0.25) is 0 Å². The second-order valence-corrected chi connectivity index (χ2v) is 7.69. The van der Waals surface area contributed by atoms with Gasteiger partial charge in [-0.05, 0) is 72.0 Å². The van der Waals surface area contributed by atoms with Crippen LogP contribution >= 0.6 is 0 Å². The molecule has 2 heteroatoms. The summed E-state index contributed by atoms with van der Waals surface area (Å²) in [7, 11) is 0. The molecule has 4 fully saturated rings. The first-order chi connectivity index (χ1) is 8.69. The zero-order valence-electron chi connectivity index (χ0n) is 11.5. The van der Waals surface area contributed by atoms with Crippen molar-refractivity contribution < 1.29 is 10.2 Å². The molecule has 4 bridgehead atoms. The molecule has 10 unspecified atom stereocenters. The molecule has 0 aromatic carbocycles. The molecule has 0 aromatic rings. The SMILES string of the molecule is CC1C(C)C2CC1C1C3CC(C(CO)C3CO)C21. The normalized spacial score (nSPS) is 64.7. The molecule has 4 rings (SSSR count). The average molecular weight is 250 g/mol. The first-order valence-corrected chi connectivity index (χ1v) is 7.90. The topological polar surface area (TPSA) is 40.5 Å². The summed E-state index contributed by atoms with van der Waals surface area (Å²) in [6.45, 7) is 5.51. The van der Waals surface area contributed by atoms with Gasteiger partial charge in [0.15, 0.2) is 0 Å². The Kier molecular flexibility index (Phi) is 2.43. The minimum atomic E-state index is 0.303. The van der Waals surface area contributed by atoms with Gasteiger partial charge in [0, 0.05) is 13.2 Å². The fraction of sp³-hybridized carbons (Fsp3) is 1.00. The lowest BCUT2D eigenvalue weighted by molar-refractivity contribution is -0.0229. The minimum absolute atomic E-state index is 0.303. The highest BCUT2D eigenvalue weighted by atomic mass is 16.3. The monoisotopic (exact) mass is 250 g/mol. The quantitative estimate of drug-likeness (QED) is 0.736. The van der Waals surface area contributed by atoms with Crippen molar-refractivity contribution in [2.24, 2.45) is 59.2 Å². The highest BCUT2D eigenvalue weighted by molar-refractivity contribution is 5.15. The van der Waals surface area contributed by atoms with Crippen molar-refractivity contribution in [2.75, 3.05) is 13.2 Å². The number of aliphatic hydroxyl groups excluding tert-OH is 2. The molecule has 0 radical (unpaired) electrons. The molecule has 2 N–H and O–H groups in total. The summed E-state index contributed by atoms with van der Waals surface area (Å²) in [5.41, 5.74) is 0. The third-order valence-electron chi connectivity index (χ3n) is 7.76. The molecule has 0 aromatic heterocycles. The Balaban J connectivity index is 1.68. The Bertz CT molecular complexity index is 323. The lowest BCUT2D eigenvalue weighted by Gasteiger charge is -2.46. The molecule has 4 aliphatic rings. The van der Waals surface area contributed by atoms with Crippen LogP contribution in [0.4, 0.5) is 0 Å². The van der Waals surface area contributed by atoms with Crippen molar-refractivity contribution >= 4 is 0 Å². The summed E-state index contributed by atoms with van der Waals surface area (Å²) in [6, 6.07) is 0. The van der Waals surface area contributed by atoms with Crippen LogP contribution in [0.25, 0.3) is 0 Å². The van der Waals surface area contributed by atoms with Crippen LogP contribution in [0, 0.1) is 59.2 Å². The molecule has 0 saturated heterocycles. The lowest BCUT2D eigenvalue weighted by atomic mass is 9.59. The van der Waals surface area contributed by atoms with Crippen LogP contribution in [0.3, 0.4) is 0 Å². The van der Waals surface area contributed by atoms with Gasteiger partial charge >= 0.3 is 0 Å². The summed E-state index contributed by atoms with van der Waals surface area (Å²) in [5.74, 6) is 7.70. The summed E-state index contributed by atoms with van der Waals surface area (Å²) < 4.78 is 0. The second kappa shape index (κ2) is 3.73. The van der Waals surface area contributed by atoms with Gasteiger partial charge in [0.2, 0.25) is 0 Å². The predicted molar refractivity (Wildman–Crippen MR) is 69.7 cm³/mol. The molecule has 0 amide bonds. The molecule has 102 valence electrons. The van der Waals surface area contributed by atoms with Crippen LogP contribution in [0.5, 0.6) is 0 Å². The molecular weight excluding hydrogens is 224 g/mol. The Labute approximate surface area is 110 Å². The van der Waals surface area contributed by atoms with E-state index in [-0.39, 0.29) is 0 Å². The van der Waals surface area contributed by atoms with E-state index in [2.05, 4.69) is 13.8 Å². The maximum Gasteiger partial charge on any atom is 0.0465 e. The molecule has 18 heavy (non-hydrogen) atoms. The van der Waals surface area contributed by atoms with E-state index in [1.54, 1.807) is 0 Å². The van der Waals surface area contributed by atoms with E-state index in [9.17, 15) is 10.2 Å². The zero-order chi connectivity index (χ0) is 12.6. The van der Waals surface area contributed by atoms with E-state index in [1.807, 2.05) is 0 Å². The fourth-order valence-electron chi connectivity index (χ4n) is 7.04. The molecular formula is C16H26O2. The second-order valence-electron chi connectivity index (χ2n) is 7.69. The van der Waals surface area contributed by atoms with Crippen LogP contribution in [0.15, 0.2) is 0 Å². The Morgan fingerprint density at radius 1 is 0.722 bits per heavy atom. The fourth-order valence-corrected chi connectivity index (χ4v) is 7.04. The van der Waals surface area contributed by atoms with Gasteiger partial charge in [0.05, 0.1) is 0 Å². The zero-order valence-corrected chi connectivity index (χ0v) is 11.5. The van der Waals surface area contributed by atoms with E-state index in [0.29, 0.717) is 25.0 Å². The largest absolute Gasteiger partial charge is 0.396 e. The predicted octanol–water partition coefficient (Wildman–Crippen LogP) is 2.01. The van der Waals surface area contributed by atoms with Crippen molar-refractivity contribution in [1.82, 2.24) is 0 Å². The van der Waals surface area contributed by atoms with Crippen LogP contribution < -0.4 is 0 Å². The van der Waals surface area contributed by atoms with Gasteiger partial charge in [0.25, 0.3) is 0 Å². The van der Waals surface area contributed by atoms with Crippen LogP contribution in [-0.2, 0) is 0 Å². The van der Waals surface area contributed by atoms with Crippen molar-refractivity contribution in [3.63, 3.8) is 0 Å². The first-order valence-electron chi connectivity index (χ1n) is 7.90. The van der Waals surface area contributed by atoms with Crippen molar-refractivity contribution in [2.45, 2.75) is 26.7 Å². The molecule has 0 aliphatic heterocycles.